The van der Waals surface area contributed by atoms with Crippen molar-refractivity contribution in [3.8, 4) is 0 Å². The Hall–Kier alpha value is -2.21. The largest absolute Gasteiger partial charge is 0.418 e. The third kappa shape index (κ3) is 4.16. The summed E-state index contributed by atoms with van der Waals surface area (Å²) in [5, 5.41) is 2.62. The SMILES string of the molecule is CN(C)c1ccc(NC(=O)c2cccc(Cl)c2)c(C(F)(F)F)c1. The molecule has 2 rings (SSSR count). The van der Waals surface area contributed by atoms with E-state index in [4.69, 9.17) is 11.6 Å². The second-order valence-electron chi connectivity index (χ2n) is 5.09. The number of nitrogens with one attached hydrogen (secondary N) is 1. The summed E-state index contributed by atoms with van der Waals surface area (Å²) in [4.78, 5) is 13.7. The highest BCUT2D eigenvalue weighted by Gasteiger charge is 2.34. The Labute approximate surface area is 136 Å². The number of benzene rings is 2. The summed E-state index contributed by atoms with van der Waals surface area (Å²) in [6.45, 7) is 0. The molecule has 1 N–H and O–H groups in total. The van der Waals surface area contributed by atoms with Gasteiger partial charge in [-0.25, -0.2) is 0 Å². The van der Waals surface area contributed by atoms with Crippen LogP contribution in [0.3, 0.4) is 0 Å². The van der Waals surface area contributed by atoms with Crippen LogP contribution in [0.2, 0.25) is 5.02 Å². The molecule has 0 aliphatic heterocycles. The van der Waals surface area contributed by atoms with E-state index in [1.54, 1.807) is 31.1 Å². The second-order valence-corrected chi connectivity index (χ2v) is 5.52. The summed E-state index contributed by atoms with van der Waals surface area (Å²) >= 11 is 5.79. The van der Waals surface area contributed by atoms with Gasteiger partial charge >= 0.3 is 6.18 Å². The van der Waals surface area contributed by atoms with Crippen LogP contribution in [-0.4, -0.2) is 20.0 Å². The first-order valence-corrected chi connectivity index (χ1v) is 7.02. The van der Waals surface area contributed by atoms with Crippen molar-refractivity contribution in [3.05, 3.63) is 58.6 Å². The quantitative estimate of drug-likeness (QED) is 0.878. The van der Waals surface area contributed by atoms with Gasteiger partial charge in [0.2, 0.25) is 0 Å². The van der Waals surface area contributed by atoms with E-state index in [0.29, 0.717) is 10.7 Å². The van der Waals surface area contributed by atoms with E-state index in [1.807, 2.05) is 0 Å². The van der Waals surface area contributed by atoms with Crippen LogP contribution in [0.5, 0.6) is 0 Å². The Morgan fingerprint density at radius 1 is 1.13 bits per heavy atom. The number of amides is 1. The maximum absolute atomic E-state index is 13.2. The standard InChI is InChI=1S/C16H14ClF3N2O/c1-22(2)12-6-7-14(13(9-12)16(18,19)20)21-15(23)10-4-3-5-11(17)8-10/h3-9H,1-2H3,(H,21,23). The number of hydrogen-bond acceptors (Lipinski definition) is 2. The fraction of sp³-hybridized carbons (Fsp3) is 0.188. The first kappa shape index (κ1) is 17.1. The van der Waals surface area contributed by atoms with Crippen LogP contribution in [0.1, 0.15) is 15.9 Å². The van der Waals surface area contributed by atoms with Gasteiger partial charge in [-0.15, -0.1) is 0 Å². The van der Waals surface area contributed by atoms with E-state index in [1.165, 1.54) is 24.3 Å². The Morgan fingerprint density at radius 2 is 1.83 bits per heavy atom. The molecule has 1 amide bonds. The minimum absolute atomic E-state index is 0.183. The highest BCUT2D eigenvalue weighted by atomic mass is 35.5. The summed E-state index contributed by atoms with van der Waals surface area (Å²) < 4.78 is 39.7. The lowest BCUT2D eigenvalue weighted by atomic mass is 10.1. The van der Waals surface area contributed by atoms with Crippen molar-refractivity contribution in [3.63, 3.8) is 0 Å². The molecule has 0 heterocycles. The predicted octanol–water partition coefficient (Wildman–Crippen LogP) is 4.68. The average molecular weight is 343 g/mol. The molecule has 7 heteroatoms. The van der Waals surface area contributed by atoms with Crippen molar-refractivity contribution in [1.29, 1.82) is 0 Å². The molecule has 0 aromatic heterocycles. The van der Waals surface area contributed by atoms with Crippen molar-refractivity contribution in [2.24, 2.45) is 0 Å². The number of alkyl halides is 3. The summed E-state index contributed by atoms with van der Waals surface area (Å²) in [5.41, 5.74) is -0.632. The van der Waals surface area contributed by atoms with Gasteiger partial charge in [-0.1, -0.05) is 17.7 Å². The van der Waals surface area contributed by atoms with Gasteiger partial charge in [-0.05, 0) is 36.4 Å². The maximum atomic E-state index is 13.2. The summed E-state index contributed by atoms with van der Waals surface area (Å²) in [6.07, 6.45) is -4.58. The summed E-state index contributed by atoms with van der Waals surface area (Å²) in [7, 11) is 3.28. The van der Waals surface area contributed by atoms with Gasteiger partial charge in [0.25, 0.3) is 5.91 Å². The van der Waals surface area contributed by atoms with Crippen molar-refractivity contribution in [2.75, 3.05) is 24.3 Å². The Balaban J connectivity index is 2.37. The van der Waals surface area contributed by atoms with E-state index >= 15 is 0 Å². The fourth-order valence-electron chi connectivity index (χ4n) is 1.98. The van der Waals surface area contributed by atoms with Crippen LogP contribution in [0.15, 0.2) is 42.5 Å². The van der Waals surface area contributed by atoms with Gasteiger partial charge < -0.3 is 10.2 Å². The molecule has 0 unspecified atom stereocenters. The number of anilines is 2. The fourth-order valence-corrected chi connectivity index (χ4v) is 2.17. The molecule has 2 aromatic carbocycles. The average Bonchev–Trinajstić information content (AvgIpc) is 2.46. The number of carbonyl (C=O) groups is 1. The van der Waals surface area contributed by atoms with Crippen LogP contribution < -0.4 is 10.2 Å². The highest BCUT2D eigenvalue weighted by Crippen LogP contribution is 2.37. The lowest BCUT2D eigenvalue weighted by molar-refractivity contribution is -0.136. The molecular formula is C16H14ClF3N2O. The van der Waals surface area contributed by atoms with Crippen LogP contribution in [-0.2, 0) is 6.18 Å². The molecule has 0 fully saturated rings. The lowest BCUT2D eigenvalue weighted by Gasteiger charge is -2.18. The minimum atomic E-state index is -4.58. The van der Waals surface area contributed by atoms with Gasteiger partial charge in [0.05, 0.1) is 11.3 Å². The van der Waals surface area contributed by atoms with Gasteiger partial charge in [0, 0.05) is 30.4 Å². The molecule has 2 aromatic rings. The number of halogens is 4. The highest BCUT2D eigenvalue weighted by molar-refractivity contribution is 6.31. The second kappa shape index (κ2) is 6.50. The molecular weight excluding hydrogens is 329 g/mol. The van der Waals surface area contributed by atoms with Crippen LogP contribution in [0.4, 0.5) is 24.5 Å². The number of rotatable bonds is 3. The van der Waals surface area contributed by atoms with Gasteiger partial charge in [0.15, 0.2) is 0 Å². The van der Waals surface area contributed by atoms with Crippen LogP contribution in [0, 0.1) is 0 Å². The smallest absolute Gasteiger partial charge is 0.378 e. The Morgan fingerprint density at radius 3 is 2.39 bits per heavy atom. The van der Waals surface area contributed by atoms with E-state index < -0.39 is 17.6 Å². The summed E-state index contributed by atoms with van der Waals surface area (Å²) in [5.74, 6) is -0.657. The molecule has 23 heavy (non-hydrogen) atoms. The van der Waals surface area contributed by atoms with Crippen LogP contribution >= 0.6 is 11.6 Å². The van der Waals surface area contributed by atoms with Gasteiger partial charge in [-0.3, -0.25) is 4.79 Å². The van der Waals surface area contributed by atoms with E-state index in [9.17, 15) is 18.0 Å². The first-order chi connectivity index (χ1) is 10.7. The van der Waals surface area contributed by atoms with E-state index in [0.717, 1.165) is 6.07 Å². The zero-order chi connectivity index (χ0) is 17.2. The van der Waals surface area contributed by atoms with E-state index in [2.05, 4.69) is 5.32 Å². The molecule has 122 valence electrons. The van der Waals surface area contributed by atoms with Crippen molar-refractivity contribution in [2.45, 2.75) is 6.18 Å². The first-order valence-electron chi connectivity index (χ1n) is 6.64. The van der Waals surface area contributed by atoms with Gasteiger partial charge in [0.1, 0.15) is 0 Å². The number of nitrogens with zero attached hydrogens (tertiary/aromatic N) is 1. The zero-order valence-corrected chi connectivity index (χ0v) is 13.2. The third-order valence-electron chi connectivity index (χ3n) is 3.16. The molecule has 0 radical (unpaired) electrons. The molecule has 0 aliphatic carbocycles. The van der Waals surface area contributed by atoms with Gasteiger partial charge in [-0.2, -0.15) is 13.2 Å². The zero-order valence-electron chi connectivity index (χ0n) is 12.4. The molecule has 0 saturated heterocycles. The van der Waals surface area contributed by atoms with Crippen molar-refractivity contribution in [1.82, 2.24) is 0 Å². The monoisotopic (exact) mass is 342 g/mol. The molecule has 3 nitrogen and oxygen atoms in total. The number of hydrogen-bond donors (Lipinski definition) is 1. The summed E-state index contributed by atoms with van der Waals surface area (Å²) in [6, 6.07) is 9.72. The minimum Gasteiger partial charge on any atom is -0.378 e. The molecule has 0 atom stereocenters. The predicted molar refractivity (Wildman–Crippen MR) is 85.2 cm³/mol. The third-order valence-corrected chi connectivity index (χ3v) is 3.40. The molecule has 0 saturated carbocycles. The van der Waals surface area contributed by atoms with Crippen molar-refractivity contribution >= 4 is 28.9 Å². The van der Waals surface area contributed by atoms with Crippen LogP contribution in [0.25, 0.3) is 0 Å². The molecule has 0 bridgehead atoms. The lowest BCUT2D eigenvalue weighted by Crippen LogP contribution is -2.18. The molecule has 0 aliphatic rings. The maximum Gasteiger partial charge on any atom is 0.418 e. The Bertz CT molecular complexity index is 730. The van der Waals surface area contributed by atoms with Crippen molar-refractivity contribution < 1.29 is 18.0 Å². The topological polar surface area (TPSA) is 32.3 Å². The number of carbonyl (C=O) groups excluding carboxylic acids is 1. The van der Waals surface area contributed by atoms with E-state index in [-0.39, 0.29) is 11.3 Å². The normalized spacial score (nSPS) is 11.2. The molecule has 0 spiro atoms. The Kier molecular flexibility index (Phi) is 4.85.